The number of hydrogen-bond donors (Lipinski definition) is 1. The highest BCUT2D eigenvalue weighted by atomic mass is 32.1. The quantitative estimate of drug-likeness (QED) is 0.918. The molecule has 0 aliphatic heterocycles. The van der Waals surface area contributed by atoms with E-state index in [1.807, 2.05) is 11.7 Å². The molecule has 0 amide bonds. The molecule has 0 aromatic carbocycles. The van der Waals surface area contributed by atoms with Gasteiger partial charge in [0.25, 0.3) is 0 Å². The van der Waals surface area contributed by atoms with Crippen molar-refractivity contribution in [2.24, 2.45) is 0 Å². The first-order valence-corrected chi connectivity index (χ1v) is 8.34. The molecule has 2 rings (SSSR count). The Hall–Kier alpha value is -0.980. The average Bonchev–Trinajstić information content (AvgIpc) is 2.96. The molecule has 0 aliphatic carbocycles. The first kappa shape index (κ1) is 15.4. The molecule has 2 heterocycles. The van der Waals surface area contributed by atoms with Crippen LogP contribution in [0.4, 0.5) is 5.13 Å². The molecular weight excluding hydrogens is 288 g/mol. The maximum absolute atomic E-state index is 4.52. The first-order valence-electron chi connectivity index (χ1n) is 6.65. The van der Waals surface area contributed by atoms with Gasteiger partial charge in [-0.05, 0) is 27.7 Å². The van der Waals surface area contributed by atoms with Crippen LogP contribution in [0.2, 0.25) is 0 Å². The summed E-state index contributed by atoms with van der Waals surface area (Å²) >= 11 is 3.45. The Labute approximate surface area is 128 Å². The van der Waals surface area contributed by atoms with Crippen LogP contribution in [-0.2, 0) is 13.1 Å². The van der Waals surface area contributed by atoms with E-state index < -0.39 is 0 Å². The largest absolute Gasteiger partial charge is 0.346 e. The Morgan fingerprint density at radius 3 is 2.65 bits per heavy atom. The van der Waals surface area contributed by atoms with Gasteiger partial charge in [0.15, 0.2) is 5.13 Å². The second-order valence-electron chi connectivity index (χ2n) is 5.93. The molecule has 0 radical (unpaired) electrons. The van der Waals surface area contributed by atoms with E-state index in [0.29, 0.717) is 0 Å². The molecule has 0 saturated carbocycles. The Kier molecular flexibility index (Phi) is 4.78. The Morgan fingerprint density at radius 1 is 1.30 bits per heavy atom. The molecule has 4 nitrogen and oxygen atoms in total. The zero-order chi connectivity index (χ0) is 14.8. The van der Waals surface area contributed by atoms with Crippen molar-refractivity contribution >= 4 is 27.8 Å². The third-order valence-electron chi connectivity index (χ3n) is 2.89. The van der Waals surface area contributed by atoms with E-state index >= 15 is 0 Å². The topological polar surface area (TPSA) is 41.1 Å². The summed E-state index contributed by atoms with van der Waals surface area (Å²) < 4.78 is 0. The minimum absolute atomic E-state index is 0.135. The van der Waals surface area contributed by atoms with Crippen LogP contribution in [0.5, 0.6) is 0 Å². The van der Waals surface area contributed by atoms with E-state index in [1.54, 1.807) is 22.7 Å². The molecule has 0 bridgehead atoms. The molecular formula is C14H22N4S2. The molecule has 0 atom stereocenters. The van der Waals surface area contributed by atoms with Crippen molar-refractivity contribution < 1.29 is 0 Å². The van der Waals surface area contributed by atoms with E-state index in [2.05, 4.69) is 54.9 Å². The highest BCUT2D eigenvalue weighted by Crippen LogP contribution is 2.24. The van der Waals surface area contributed by atoms with E-state index in [4.69, 9.17) is 0 Å². The Bertz CT molecular complexity index is 554. The summed E-state index contributed by atoms with van der Waals surface area (Å²) in [4.78, 5) is 13.6. The fourth-order valence-electron chi connectivity index (χ4n) is 1.67. The number of nitrogens with one attached hydrogen (secondary N) is 1. The molecule has 0 saturated heterocycles. The first-order chi connectivity index (χ1) is 9.35. The molecule has 110 valence electrons. The van der Waals surface area contributed by atoms with E-state index in [0.717, 1.165) is 23.9 Å². The summed E-state index contributed by atoms with van der Waals surface area (Å²) in [6.07, 6.45) is 1.97. The lowest BCUT2D eigenvalue weighted by Gasteiger charge is -2.19. The SMILES string of the molecule is Cc1ncsc1CN(C)c1ncc(CNC(C)(C)C)s1. The predicted octanol–water partition coefficient (Wildman–Crippen LogP) is 3.43. The standard InChI is InChI=1S/C14H22N4S2/c1-10-12(19-9-16-10)8-18(5)13-15-6-11(20-13)7-17-14(2,3)4/h6,9,17H,7-8H2,1-5H3. The van der Waals surface area contributed by atoms with Gasteiger partial charge < -0.3 is 10.2 Å². The molecule has 6 heteroatoms. The van der Waals surface area contributed by atoms with Crippen LogP contribution in [0.3, 0.4) is 0 Å². The van der Waals surface area contributed by atoms with Gasteiger partial charge in [-0.3, -0.25) is 0 Å². The van der Waals surface area contributed by atoms with Gasteiger partial charge in [0.2, 0.25) is 0 Å². The van der Waals surface area contributed by atoms with Crippen molar-refractivity contribution in [3.63, 3.8) is 0 Å². The molecule has 0 spiro atoms. The van der Waals surface area contributed by atoms with Crippen molar-refractivity contribution in [2.75, 3.05) is 11.9 Å². The highest BCUT2D eigenvalue weighted by Gasteiger charge is 2.13. The molecule has 0 unspecified atom stereocenters. The van der Waals surface area contributed by atoms with Crippen LogP contribution in [0.15, 0.2) is 11.7 Å². The minimum atomic E-state index is 0.135. The lowest BCUT2D eigenvalue weighted by Crippen LogP contribution is -2.34. The van der Waals surface area contributed by atoms with Gasteiger partial charge in [-0.2, -0.15) is 0 Å². The monoisotopic (exact) mass is 310 g/mol. The Morgan fingerprint density at radius 2 is 2.05 bits per heavy atom. The van der Waals surface area contributed by atoms with Crippen LogP contribution >= 0.6 is 22.7 Å². The fourth-order valence-corrected chi connectivity index (χ4v) is 3.31. The third kappa shape index (κ3) is 4.26. The molecule has 0 aliphatic rings. The summed E-state index contributed by atoms with van der Waals surface area (Å²) in [5.74, 6) is 0. The molecule has 1 N–H and O–H groups in total. The average molecular weight is 310 g/mol. The number of aryl methyl sites for hydroxylation is 1. The van der Waals surface area contributed by atoms with Crippen LogP contribution < -0.4 is 10.2 Å². The predicted molar refractivity (Wildman–Crippen MR) is 87.7 cm³/mol. The van der Waals surface area contributed by atoms with Gasteiger partial charge >= 0.3 is 0 Å². The third-order valence-corrected chi connectivity index (χ3v) is 4.92. The van der Waals surface area contributed by atoms with Crippen molar-refractivity contribution in [3.8, 4) is 0 Å². The van der Waals surface area contributed by atoms with Gasteiger partial charge in [-0.15, -0.1) is 22.7 Å². The second-order valence-corrected chi connectivity index (χ2v) is 7.96. The summed E-state index contributed by atoms with van der Waals surface area (Å²) in [7, 11) is 2.08. The molecule has 0 fully saturated rings. The minimum Gasteiger partial charge on any atom is -0.346 e. The fraction of sp³-hybridized carbons (Fsp3) is 0.571. The molecule has 2 aromatic heterocycles. The number of anilines is 1. The number of thiazole rings is 2. The van der Waals surface area contributed by atoms with Gasteiger partial charge in [-0.25, -0.2) is 9.97 Å². The summed E-state index contributed by atoms with van der Waals surface area (Å²) in [6, 6.07) is 0. The number of aromatic nitrogens is 2. The van der Waals surface area contributed by atoms with E-state index in [9.17, 15) is 0 Å². The number of rotatable bonds is 5. The van der Waals surface area contributed by atoms with Crippen molar-refractivity contribution in [3.05, 3.63) is 27.2 Å². The smallest absolute Gasteiger partial charge is 0.185 e. The summed E-state index contributed by atoms with van der Waals surface area (Å²) in [5.41, 5.74) is 3.16. The second kappa shape index (κ2) is 6.20. The van der Waals surface area contributed by atoms with Gasteiger partial charge in [0.1, 0.15) is 0 Å². The maximum atomic E-state index is 4.52. The van der Waals surface area contributed by atoms with Crippen LogP contribution in [0.1, 0.15) is 36.2 Å². The molecule has 20 heavy (non-hydrogen) atoms. The van der Waals surface area contributed by atoms with Crippen molar-refractivity contribution in [2.45, 2.75) is 46.3 Å². The van der Waals surface area contributed by atoms with E-state index in [1.165, 1.54) is 9.75 Å². The van der Waals surface area contributed by atoms with Gasteiger partial charge in [0.05, 0.1) is 17.7 Å². The maximum Gasteiger partial charge on any atom is 0.185 e. The lowest BCUT2D eigenvalue weighted by atomic mass is 10.1. The Balaban J connectivity index is 1.96. The summed E-state index contributed by atoms with van der Waals surface area (Å²) in [6.45, 7) is 10.3. The number of nitrogens with zero attached hydrogens (tertiary/aromatic N) is 3. The lowest BCUT2D eigenvalue weighted by molar-refractivity contribution is 0.426. The normalized spacial score (nSPS) is 11.8. The highest BCUT2D eigenvalue weighted by molar-refractivity contribution is 7.15. The zero-order valence-corrected chi connectivity index (χ0v) is 14.4. The number of hydrogen-bond acceptors (Lipinski definition) is 6. The van der Waals surface area contributed by atoms with E-state index in [-0.39, 0.29) is 5.54 Å². The summed E-state index contributed by atoms with van der Waals surface area (Å²) in [5, 5.41) is 4.55. The van der Waals surface area contributed by atoms with Crippen molar-refractivity contribution in [1.82, 2.24) is 15.3 Å². The van der Waals surface area contributed by atoms with Crippen LogP contribution in [0, 0.1) is 6.92 Å². The molecule has 2 aromatic rings. The van der Waals surface area contributed by atoms with Gasteiger partial charge in [-0.1, -0.05) is 0 Å². The van der Waals surface area contributed by atoms with Crippen molar-refractivity contribution in [1.29, 1.82) is 0 Å². The zero-order valence-electron chi connectivity index (χ0n) is 12.7. The van der Waals surface area contributed by atoms with Gasteiger partial charge in [0, 0.05) is 35.1 Å². The van der Waals surface area contributed by atoms with Crippen LogP contribution in [-0.4, -0.2) is 22.6 Å². The van der Waals surface area contributed by atoms with Crippen LogP contribution in [0.25, 0.3) is 0 Å².